The maximum Gasteiger partial charge on any atom is 0.249 e. The monoisotopic (exact) mass is 345 g/mol. The number of ether oxygens (including phenoxy) is 1. The van der Waals surface area contributed by atoms with E-state index in [1.54, 1.807) is 43.5 Å². The second kappa shape index (κ2) is 8.69. The predicted octanol–water partition coefficient (Wildman–Crippen LogP) is 2.83. The van der Waals surface area contributed by atoms with E-state index >= 15 is 0 Å². The Morgan fingerprint density at radius 3 is 2.58 bits per heavy atom. The molecule has 2 rings (SSSR count). The van der Waals surface area contributed by atoms with Gasteiger partial charge in [0.2, 0.25) is 11.8 Å². The van der Waals surface area contributed by atoms with Gasteiger partial charge in [0.25, 0.3) is 0 Å². The zero-order valence-electron chi connectivity index (χ0n) is 13.0. The average Bonchev–Trinajstić information content (AvgIpc) is 2.57. The van der Waals surface area contributed by atoms with Gasteiger partial charge in [-0.2, -0.15) is 5.10 Å². The van der Waals surface area contributed by atoms with Crippen molar-refractivity contribution >= 4 is 35.3 Å². The molecule has 124 valence electrons. The van der Waals surface area contributed by atoms with Crippen molar-refractivity contribution in [1.82, 2.24) is 5.43 Å². The molecule has 0 saturated heterocycles. The van der Waals surface area contributed by atoms with Crippen LogP contribution in [-0.2, 0) is 9.59 Å². The Labute approximate surface area is 144 Å². The van der Waals surface area contributed by atoms with Crippen LogP contribution in [0.25, 0.3) is 0 Å². The minimum Gasteiger partial charge on any atom is -0.496 e. The molecule has 0 radical (unpaired) electrons. The van der Waals surface area contributed by atoms with E-state index in [1.807, 2.05) is 12.1 Å². The third kappa shape index (κ3) is 5.10. The first-order chi connectivity index (χ1) is 11.6. The maximum atomic E-state index is 11.8. The number of nitrogens with one attached hydrogen (secondary N) is 2. The SMILES string of the molecule is COc1ccccc1C=NNC(=O)CC(=O)Nc1ccccc1Cl. The smallest absolute Gasteiger partial charge is 0.249 e. The molecule has 2 aromatic carbocycles. The number of rotatable bonds is 6. The lowest BCUT2D eigenvalue weighted by Gasteiger charge is -2.06. The molecule has 7 heteroatoms. The summed E-state index contributed by atoms with van der Waals surface area (Å²) in [5.74, 6) is -0.384. The van der Waals surface area contributed by atoms with Crippen molar-refractivity contribution in [3.8, 4) is 5.75 Å². The molecule has 0 heterocycles. The molecule has 2 N–H and O–H groups in total. The van der Waals surface area contributed by atoms with Gasteiger partial charge in [0.05, 0.1) is 24.0 Å². The van der Waals surface area contributed by atoms with Crippen molar-refractivity contribution in [2.24, 2.45) is 5.10 Å². The van der Waals surface area contributed by atoms with Gasteiger partial charge in [-0.3, -0.25) is 9.59 Å². The van der Waals surface area contributed by atoms with Crippen LogP contribution in [0.15, 0.2) is 53.6 Å². The lowest BCUT2D eigenvalue weighted by atomic mass is 10.2. The number of carbonyl (C=O) groups is 2. The van der Waals surface area contributed by atoms with E-state index in [9.17, 15) is 9.59 Å². The molecule has 2 aromatic rings. The zero-order valence-corrected chi connectivity index (χ0v) is 13.7. The zero-order chi connectivity index (χ0) is 17.4. The summed E-state index contributed by atoms with van der Waals surface area (Å²) in [6, 6.07) is 14.0. The largest absolute Gasteiger partial charge is 0.496 e. The van der Waals surface area contributed by atoms with E-state index in [0.29, 0.717) is 22.0 Å². The fraction of sp³-hybridized carbons (Fsp3) is 0.118. The molecule has 0 atom stereocenters. The Balaban J connectivity index is 1.86. The van der Waals surface area contributed by atoms with Crippen LogP contribution >= 0.6 is 11.6 Å². The lowest BCUT2D eigenvalue weighted by Crippen LogP contribution is -2.24. The van der Waals surface area contributed by atoms with Crippen molar-refractivity contribution in [2.75, 3.05) is 12.4 Å². The van der Waals surface area contributed by atoms with Crippen molar-refractivity contribution in [1.29, 1.82) is 0 Å². The number of methoxy groups -OCH3 is 1. The van der Waals surface area contributed by atoms with E-state index in [1.165, 1.54) is 6.21 Å². The van der Waals surface area contributed by atoms with Gasteiger partial charge in [0.15, 0.2) is 0 Å². The Kier molecular flexibility index (Phi) is 6.33. The summed E-state index contributed by atoms with van der Waals surface area (Å²) in [4.78, 5) is 23.5. The molecule has 24 heavy (non-hydrogen) atoms. The molecular formula is C17H16ClN3O3. The van der Waals surface area contributed by atoms with E-state index in [-0.39, 0.29) is 6.42 Å². The number of para-hydroxylation sites is 2. The van der Waals surface area contributed by atoms with Gasteiger partial charge in [-0.25, -0.2) is 5.43 Å². The number of hydrogen-bond donors (Lipinski definition) is 2. The van der Waals surface area contributed by atoms with Gasteiger partial charge in [0.1, 0.15) is 12.2 Å². The lowest BCUT2D eigenvalue weighted by molar-refractivity contribution is -0.126. The van der Waals surface area contributed by atoms with E-state index in [0.717, 1.165) is 0 Å². The Morgan fingerprint density at radius 1 is 1.12 bits per heavy atom. The standard InChI is InChI=1S/C17H16ClN3O3/c1-24-15-9-5-2-6-12(15)11-19-21-17(23)10-16(22)20-14-8-4-3-7-13(14)18/h2-9,11H,10H2,1H3,(H,20,22)(H,21,23). The fourth-order valence-electron chi connectivity index (χ4n) is 1.89. The second-order valence-corrected chi connectivity index (χ2v) is 5.15. The number of halogens is 1. The summed E-state index contributed by atoms with van der Waals surface area (Å²) in [5.41, 5.74) is 3.46. The van der Waals surface area contributed by atoms with Crippen LogP contribution in [-0.4, -0.2) is 25.1 Å². The van der Waals surface area contributed by atoms with Crippen LogP contribution in [0.4, 0.5) is 5.69 Å². The molecule has 0 aliphatic carbocycles. The number of anilines is 1. The first-order valence-electron chi connectivity index (χ1n) is 7.09. The van der Waals surface area contributed by atoms with Crippen LogP contribution in [0, 0.1) is 0 Å². The molecule has 0 bridgehead atoms. The van der Waals surface area contributed by atoms with Crippen LogP contribution in [0.2, 0.25) is 5.02 Å². The van der Waals surface area contributed by atoms with Gasteiger partial charge in [-0.15, -0.1) is 0 Å². The molecule has 6 nitrogen and oxygen atoms in total. The second-order valence-electron chi connectivity index (χ2n) is 4.74. The summed E-state index contributed by atoms with van der Waals surface area (Å²) in [6.45, 7) is 0. The quantitative estimate of drug-likeness (QED) is 0.480. The molecule has 2 amide bonds. The van der Waals surface area contributed by atoms with Crippen LogP contribution < -0.4 is 15.5 Å². The topological polar surface area (TPSA) is 79.8 Å². The maximum absolute atomic E-state index is 11.8. The van der Waals surface area contributed by atoms with Gasteiger partial charge < -0.3 is 10.1 Å². The first kappa shape index (κ1) is 17.5. The van der Waals surface area contributed by atoms with E-state index < -0.39 is 11.8 Å². The normalized spacial score (nSPS) is 10.4. The summed E-state index contributed by atoms with van der Waals surface area (Å²) < 4.78 is 5.16. The highest BCUT2D eigenvalue weighted by Gasteiger charge is 2.10. The molecule has 0 aromatic heterocycles. The minimum atomic E-state index is -0.536. The van der Waals surface area contributed by atoms with Gasteiger partial charge >= 0.3 is 0 Å². The highest BCUT2D eigenvalue weighted by Crippen LogP contribution is 2.20. The molecule has 0 spiro atoms. The predicted molar refractivity (Wildman–Crippen MR) is 93.4 cm³/mol. The summed E-state index contributed by atoms with van der Waals surface area (Å²) in [7, 11) is 1.55. The molecular weight excluding hydrogens is 330 g/mol. The summed E-state index contributed by atoms with van der Waals surface area (Å²) >= 11 is 5.93. The average molecular weight is 346 g/mol. The van der Waals surface area contributed by atoms with Crippen molar-refractivity contribution in [3.05, 3.63) is 59.1 Å². The Bertz CT molecular complexity index is 762. The Hall–Kier alpha value is -2.86. The highest BCUT2D eigenvalue weighted by atomic mass is 35.5. The third-order valence-electron chi connectivity index (χ3n) is 3.00. The number of benzene rings is 2. The number of hydrazone groups is 1. The van der Waals surface area contributed by atoms with Gasteiger partial charge in [-0.05, 0) is 24.3 Å². The van der Waals surface area contributed by atoms with Gasteiger partial charge in [0, 0.05) is 5.56 Å². The van der Waals surface area contributed by atoms with Gasteiger partial charge in [-0.1, -0.05) is 35.9 Å². The van der Waals surface area contributed by atoms with E-state index in [2.05, 4.69) is 15.8 Å². The van der Waals surface area contributed by atoms with Crippen molar-refractivity contribution in [2.45, 2.75) is 6.42 Å². The fourth-order valence-corrected chi connectivity index (χ4v) is 2.07. The molecule has 0 aliphatic rings. The van der Waals surface area contributed by atoms with Crippen molar-refractivity contribution in [3.63, 3.8) is 0 Å². The van der Waals surface area contributed by atoms with E-state index in [4.69, 9.17) is 16.3 Å². The summed E-state index contributed by atoms with van der Waals surface area (Å²) in [6.07, 6.45) is 1.08. The molecule has 0 fully saturated rings. The third-order valence-corrected chi connectivity index (χ3v) is 3.33. The number of nitrogens with zero attached hydrogens (tertiary/aromatic N) is 1. The first-order valence-corrected chi connectivity index (χ1v) is 7.47. The van der Waals surface area contributed by atoms with Crippen molar-refractivity contribution < 1.29 is 14.3 Å². The Morgan fingerprint density at radius 2 is 1.83 bits per heavy atom. The highest BCUT2D eigenvalue weighted by molar-refractivity contribution is 6.33. The van der Waals surface area contributed by atoms with Crippen LogP contribution in [0.3, 0.4) is 0 Å². The molecule has 0 aliphatic heterocycles. The van der Waals surface area contributed by atoms with Crippen LogP contribution in [0.5, 0.6) is 5.75 Å². The number of carbonyl (C=O) groups excluding carboxylic acids is 2. The number of hydrogen-bond acceptors (Lipinski definition) is 4. The summed E-state index contributed by atoms with van der Waals surface area (Å²) in [5, 5.41) is 6.78. The molecule has 0 unspecified atom stereocenters. The molecule has 0 saturated carbocycles. The minimum absolute atomic E-state index is 0.367. The number of amides is 2. The van der Waals surface area contributed by atoms with Crippen LogP contribution in [0.1, 0.15) is 12.0 Å².